The van der Waals surface area contributed by atoms with Crippen LogP contribution in [-0.4, -0.2) is 26.2 Å². The van der Waals surface area contributed by atoms with E-state index in [-0.39, 0.29) is 11.0 Å². The second-order valence-corrected chi connectivity index (χ2v) is 5.03. The lowest BCUT2D eigenvalue weighted by atomic mass is 10.0. The first kappa shape index (κ1) is 13.9. The number of hydrogen-bond donors (Lipinski definition) is 1. The summed E-state index contributed by atoms with van der Waals surface area (Å²) in [5.74, 6) is -2.67. The first-order valence-electron chi connectivity index (χ1n) is 6.29. The van der Waals surface area contributed by atoms with Crippen molar-refractivity contribution in [1.29, 1.82) is 0 Å². The van der Waals surface area contributed by atoms with E-state index in [2.05, 4.69) is 5.32 Å². The molecule has 1 aliphatic carbocycles. The topological polar surface area (TPSA) is 38.3 Å². The first-order chi connectivity index (χ1) is 9.08. The van der Waals surface area contributed by atoms with Gasteiger partial charge in [0, 0.05) is 20.3 Å². The van der Waals surface area contributed by atoms with E-state index in [0.29, 0.717) is 13.2 Å². The maximum absolute atomic E-state index is 13.4. The average Bonchev–Trinajstić information content (AvgIpc) is 3.17. The van der Waals surface area contributed by atoms with Crippen molar-refractivity contribution in [3.05, 3.63) is 35.4 Å². The molecule has 0 atom stereocenters. The smallest absolute Gasteiger partial charge is 0.254 e. The van der Waals surface area contributed by atoms with E-state index in [1.165, 1.54) is 12.1 Å². The van der Waals surface area contributed by atoms with Crippen molar-refractivity contribution < 1.29 is 18.3 Å². The van der Waals surface area contributed by atoms with E-state index in [1.807, 2.05) is 0 Å². The molecule has 19 heavy (non-hydrogen) atoms. The molecular formula is C14H17F2NO2. The van der Waals surface area contributed by atoms with E-state index in [1.54, 1.807) is 7.11 Å². The molecule has 0 radical (unpaired) electrons. The molecule has 1 aromatic rings. The standard InChI is InChI=1S/C14H17F2NO2/c1-19-8-7-14(5-6-14)9-17-13(18)10-3-2-4-11(15)12(10)16/h2-4H,5-9H2,1H3,(H,17,18). The molecule has 104 valence electrons. The van der Waals surface area contributed by atoms with Gasteiger partial charge in [0.15, 0.2) is 11.6 Å². The molecule has 2 rings (SSSR count). The van der Waals surface area contributed by atoms with E-state index in [0.717, 1.165) is 25.3 Å². The van der Waals surface area contributed by atoms with E-state index < -0.39 is 17.5 Å². The number of amides is 1. The Kier molecular flexibility index (Phi) is 4.14. The van der Waals surface area contributed by atoms with Crippen LogP contribution in [0.5, 0.6) is 0 Å². The Morgan fingerprint density at radius 2 is 2.16 bits per heavy atom. The summed E-state index contributed by atoms with van der Waals surface area (Å²) in [6, 6.07) is 3.60. The van der Waals surface area contributed by atoms with Crippen LogP contribution in [0.1, 0.15) is 29.6 Å². The molecule has 1 saturated carbocycles. The molecule has 1 N–H and O–H groups in total. The summed E-state index contributed by atoms with van der Waals surface area (Å²) in [4.78, 5) is 11.8. The van der Waals surface area contributed by atoms with Gasteiger partial charge in [-0.15, -0.1) is 0 Å². The minimum Gasteiger partial charge on any atom is -0.385 e. The molecule has 0 heterocycles. The molecular weight excluding hydrogens is 252 g/mol. The van der Waals surface area contributed by atoms with E-state index in [9.17, 15) is 13.6 Å². The van der Waals surface area contributed by atoms with Crippen molar-refractivity contribution in [2.45, 2.75) is 19.3 Å². The zero-order valence-electron chi connectivity index (χ0n) is 10.8. The lowest BCUT2D eigenvalue weighted by molar-refractivity contribution is 0.0933. The van der Waals surface area contributed by atoms with Gasteiger partial charge in [-0.2, -0.15) is 0 Å². The van der Waals surface area contributed by atoms with Crippen molar-refractivity contribution in [2.24, 2.45) is 5.41 Å². The number of nitrogens with one attached hydrogen (secondary N) is 1. The lowest BCUT2D eigenvalue weighted by Crippen LogP contribution is -2.31. The van der Waals surface area contributed by atoms with Crippen LogP contribution in [0.4, 0.5) is 8.78 Å². The quantitative estimate of drug-likeness (QED) is 0.861. The molecule has 1 aromatic carbocycles. The molecule has 1 aliphatic rings. The van der Waals surface area contributed by atoms with Crippen molar-refractivity contribution in [3.8, 4) is 0 Å². The Morgan fingerprint density at radius 3 is 2.79 bits per heavy atom. The van der Waals surface area contributed by atoms with Gasteiger partial charge < -0.3 is 10.1 Å². The number of carbonyl (C=O) groups is 1. The predicted octanol–water partition coefficient (Wildman–Crippen LogP) is 2.51. The highest BCUT2D eigenvalue weighted by Crippen LogP contribution is 2.48. The molecule has 5 heteroatoms. The second kappa shape index (κ2) is 5.65. The Bertz CT molecular complexity index is 473. The van der Waals surface area contributed by atoms with Crippen LogP contribution < -0.4 is 5.32 Å². The van der Waals surface area contributed by atoms with Crippen LogP contribution in [0.3, 0.4) is 0 Å². The van der Waals surface area contributed by atoms with E-state index in [4.69, 9.17) is 4.74 Å². The van der Waals surface area contributed by atoms with Gasteiger partial charge in [-0.3, -0.25) is 4.79 Å². The van der Waals surface area contributed by atoms with Crippen LogP contribution in [0.2, 0.25) is 0 Å². The summed E-state index contributed by atoms with van der Waals surface area (Å²) in [6.07, 6.45) is 2.93. The minimum atomic E-state index is -1.10. The van der Waals surface area contributed by atoms with Crippen molar-refractivity contribution in [1.82, 2.24) is 5.32 Å². The summed E-state index contributed by atoms with van der Waals surface area (Å²) in [5.41, 5.74) is -0.169. The van der Waals surface area contributed by atoms with E-state index >= 15 is 0 Å². The third-order valence-electron chi connectivity index (χ3n) is 3.61. The Balaban J connectivity index is 1.93. The summed E-state index contributed by atoms with van der Waals surface area (Å²) in [6.45, 7) is 1.12. The highest BCUT2D eigenvalue weighted by molar-refractivity contribution is 5.94. The number of rotatable bonds is 6. The van der Waals surface area contributed by atoms with Crippen LogP contribution in [0, 0.1) is 17.0 Å². The zero-order valence-corrected chi connectivity index (χ0v) is 10.8. The molecule has 0 unspecified atom stereocenters. The molecule has 1 amide bonds. The molecule has 0 spiro atoms. The fourth-order valence-electron chi connectivity index (χ4n) is 2.05. The highest BCUT2D eigenvalue weighted by atomic mass is 19.2. The first-order valence-corrected chi connectivity index (χ1v) is 6.29. The van der Waals surface area contributed by atoms with Crippen molar-refractivity contribution >= 4 is 5.91 Å². The summed E-state index contributed by atoms with van der Waals surface area (Å²) < 4.78 is 31.5. The van der Waals surface area contributed by atoms with Gasteiger partial charge in [-0.25, -0.2) is 8.78 Å². The second-order valence-electron chi connectivity index (χ2n) is 5.03. The van der Waals surface area contributed by atoms with Crippen LogP contribution in [-0.2, 0) is 4.74 Å². The van der Waals surface area contributed by atoms with Gasteiger partial charge in [0.25, 0.3) is 5.91 Å². The maximum Gasteiger partial charge on any atom is 0.254 e. The summed E-state index contributed by atoms with van der Waals surface area (Å²) >= 11 is 0. The molecule has 0 aliphatic heterocycles. The molecule has 0 aromatic heterocycles. The Labute approximate surface area is 111 Å². The molecule has 0 saturated heterocycles. The SMILES string of the molecule is COCCC1(CNC(=O)c2cccc(F)c2F)CC1. The summed E-state index contributed by atoms with van der Waals surface area (Å²) in [5, 5.41) is 2.68. The monoisotopic (exact) mass is 269 g/mol. The number of hydrogen-bond acceptors (Lipinski definition) is 2. The number of halogens is 2. The van der Waals surface area contributed by atoms with Crippen LogP contribution >= 0.6 is 0 Å². The van der Waals surface area contributed by atoms with Gasteiger partial charge in [-0.05, 0) is 36.8 Å². The fraction of sp³-hybridized carbons (Fsp3) is 0.500. The van der Waals surface area contributed by atoms with Gasteiger partial charge in [0.1, 0.15) is 0 Å². The van der Waals surface area contributed by atoms with Crippen molar-refractivity contribution in [3.63, 3.8) is 0 Å². The van der Waals surface area contributed by atoms with Gasteiger partial charge in [-0.1, -0.05) is 6.07 Å². The normalized spacial score (nSPS) is 16.2. The largest absolute Gasteiger partial charge is 0.385 e. The fourth-order valence-corrected chi connectivity index (χ4v) is 2.05. The average molecular weight is 269 g/mol. The third-order valence-corrected chi connectivity index (χ3v) is 3.61. The summed E-state index contributed by atoms with van der Waals surface area (Å²) in [7, 11) is 1.64. The third kappa shape index (κ3) is 3.29. The van der Waals surface area contributed by atoms with Gasteiger partial charge in [0.2, 0.25) is 0 Å². The van der Waals surface area contributed by atoms with Crippen LogP contribution in [0.15, 0.2) is 18.2 Å². The highest BCUT2D eigenvalue weighted by Gasteiger charge is 2.42. The number of ether oxygens (including phenoxy) is 1. The molecule has 0 bridgehead atoms. The number of benzene rings is 1. The van der Waals surface area contributed by atoms with Crippen molar-refractivity contribution in [2.75, 3.05) is 20.3 Å². The number of methoxy groups -OCH3 is 1. The molecule has 3 nitrogen and oxygen atoms in total. The van der Waals surface area contributed by atoms with Gasteiger partial charge >= 0.3 is 0 Å². The number of carbonyl (C=O) groups excluding carboxylic acids is 1. The predicted molar refractivity (Wildman–Crippen MR) is 66.9 cm³/mol. The Morgan fingerprint density at radius 1 is 1.42 bits per heavy atom. The van der Waals surface area contributed by atoms with Crippen LogP contribution in [0.25, 0.3) is 0 Å². The van der Waals surface area contributed by atoms with Gasteiger partial charge in [0.05, 0.1) is 5.56 Å². The lowest BCUT2D eigenvalue weighted by Gasteiger charge is -2.15. The Hall–Kier alpha value is -1.49. The minimum absolute atomic E-state index is 0.0788. The maximum atomic E-state index is 13.4. The zero-order chi connectivity index (χ0) is 13.9. The molecule has 1 fully saturated rings.